The van der Waals surface area contributed by atoms with Crippen molar-refractivity contribution in [2.45, 2.75) is 26.8 Å². The monoisotopic (exact) mass is 279 g/mol. The van der Waals surface area contributed by atoms with Crippen LogP contribution in [0, 0.1) is 5.92 Å². The molecule has 1 unspecified atom stereocenters. The molecule has 0 saturated carbocycles. The van der Waals surface area contributed by atoms with Crippen molar-refractivity contribution in [3.05, 3.63) is 23.8 Å². The highest BCUT2D eigenvalue weighted by Gasteiger charge is 2.23. The Morgan fingerprint density at radius 3 is 2.95 bits per heavy atom. The molecule has 1 aliphatic heterocycles. The van der Waals surface area contributed by atoms with Crippen molar-refractivity contribution in [2.75, 3.05) is 33.0 Å². The van der Waals surface area contributed by atoms with Gasteiger partial charge in [0.05, 0.1) is 12.6 Å². The lowest BCUT2D eigenvalue weighted by Gasteiger charge is -2.11. The number of likely N-dealkylation sites (N-methyl/N-ethyl adjacent to an activating group) is 1. The van der Waals surface area contributed by atoms with Crippen LogP contribution in [0.1, 0.15) is 32.4 Å². The van der Waals surface area contributed by atoms with Gasteiger partial charge in [-0.15, -0.1) is 0 Å². The molecule has 0 aromatic heterocycles. The summed E-state index contributed by atoms with van der Waals surface area (Å²) in [6, 6.07) is 6.36. The first-order valence-electron chi connectivity index (χ1n) is 7.41. The van der Waals surface area contributed by atoms with Crippen molar-refractivity contribution >= 4 is 0 Å². The minimum atomic E-state index is 0.304. The predicted octanol–water partition coefficient (Wildman–Crippen LogP) is 2.78. The summed E-state index contributed by atoms with van der Waals surface area (Å²) >= 11 is 0. The van der Waals surface area contributed by atoms with Gasteiger partial charge in [-0.1, -0.05) is 20.8 Å². The Morgan fingerprint density at radius 1 is 1.35 bits per heavy atom. The van der Waals surface area contributed by atoms with Crippen molar-refractivity contribution in [3.63, 3.8) is 0 Å². The molecule has 4 heteroatoms. The van der Waals surface area contributed by atoms with Gasteiger partial charge in [-0.3, -0.25) is 0 Å². The van der Waals surface area contributed by atoms with Crippen LogP contribution in [-0.2, 0) is 4.74 Å². The summed E-state index contributed by atoms with van der Waals surface area (Å²) in [6.07, 6.45) is 0. The van der Waals surface area contributed by atoms with E-state index in [0.717, 1.165) is 24.7 Å². The normalized spacial score (nSPS) is 17.1. The van der Waals surface area contributed by atoms with Crippen LogP contribution in [-0.4, -0.2) is 33.0 Å². The van der Waals surface area contributed by atoms with Crippen LogP contribution < -0.4 is 14.8 Å². The predicted molar refractivity (Wildman–Crippen MR) is 79.5 cm³/mol. The molecule has 1 heterocycles. The molecule has 4 nitrogen and oxygen atoms in total. The van der Waals surface area contributed by atoms with Gasteiger partial charge in [-0.2, -0.15) is 0 Å². The fraction of sp³-hybridized carbons (Fsp3) is 0.625. The molecule has 2 rings (SSSR count). The molecule has 1 atom stereocenters. The second-order valence-corrected chi connectivity index (χ2v) is 5.44. The highest BCUT2D eigenvalue weighted by Crippen LogP contribution is 2.35. The highest BCUT2D eigenvalue weighted by molar-refractivity contribution is 5.45. The number of hydrogen-bond donors (Lipinski definition) is 1. The van der Waals surface area contributed by atoms with Gasteiger partial charge in [0, 0.05) is 18.2 Å². The van der Waals surface area contributed by atoms with Gasteiger partial charge >= 0.3 is 0 Å². The van der Waals surface area contributed by atoms with Crippen LogP contribution in [0.5, 0.6) is 11.5 Å². The van der Waals surface area contributed by atoms with E-state index in [9.17, 15) is 0 Å². The maximum absolute atomic E-state index is 5.69. The third kappa shape index (κ3) is 4.12. The number of nitrogens with one attached hydrogen (secondary N) is 1. The van der Waals surface area contributed by atoms with E-state index in [2.05, 4.69) is 32.2 Å². The summed E-state index contributed by atoms with van der Waals surface area (Å²) in [4.78, 5) is 0. The molecular weight excluding hydrogens is 254 g/mol. The molecule has 1 aromatic carbocycles. The quantitative estimate of drug-likeness (QED) is 0.743. The molecule has 0 saturated heterocycles. The highest BCUT2D eigenvalue weighted by atomic mass is 16.5. The first-order chi connectivity index (χ1) is 9.70. The van der Waals surface area contributed by atoms with Crippen molar-refractivity contribution in [3.8, 4) is 11.5 Å². The summed E-state index contributed by atoms with van der Waals surface area (Å²) in [5.74, 6) is 2.33. The van der Waals surface area contributed by atoms with E-state index < -0.39 is 0 Å². The third-order valence-corrected chi connectivity index (χ3v) is 3.16. The molecule has 0 amide bonds. The molecule has 0 radical (unpaired) electrons. The van der Waals surface area contributed by atoms with E-state index in [1.54, 1.807) is 0 Å². The van der Waals surface area contributed by atoms with Gasteiger partial charge in [0.2, 0.25) is 0 Å². The van der Waals surface area contributed by atoms with Crippen molar-refractivity contribution in [2.24, 2.45) is 5.92 Å². The largest absolute Gasteiger partial charge is 0.491 e. The minimum absolute atomic E-state index is 0.304. The molecule has 1 aromatic rings. The molecular formula is C16H25NO3. The van der Waals surface area contributed by atoms with Crippen LogP contribution >= 0.6 is 0 Å². The zero-order valence-corrected chi connectivity index (χ0v) is 12.6. The fourth-order valence-electron chi connectivity index (χ4n) is 2.23. The summed E-state index contributed by atoms with van der Waals surface area (Å²) in [6.45, 7) is 9.99. The third-order valence-electron chi connectivity index (χ3n) is 3.16. The number of ether oxygens (including phenoxy) is 3. The lowest BCUT2D eigenvalue weighted by molar-refractivity contribution is 0.0818. The Morgan fingerprint density at radius 2 is 2.20 bits per heavy atom. The minimum Gasteiger partial charge on any atom is -0.491 e. The summed E-state index contributed by atoms with van der Waals surface area (Å²) in [5, 5.41) is 3.40. The van der Waals surface area contributed by atoms with Gasteiger partial charge in [-0.05, 0) is 24.6 Å². The molecule has 20 heavy (non-hydrogen) atoms. The zero-order chi connectivity index (χ0) is 14.4. The van der Waals surface area contributed by atoms with Crippen LogP contribution in [0.25, 0.3) is 0 Å². The van der Waals surface area contributed by atoms with E-state index in [1.165, 1.54) is 5.56 Å². The number of fused-ring (bicyclic) bond motifs is 1. The summed E-state index contributed by atoms with van der Waals surface area (Å²) in [7, 11) is 0. The van der Waals surface area contributed by atoms with E-state index in [-0.39, 0.29) is 0 Å². The fourth-order valence-corrected chi connectivity index (χ4v) is 2.23. The molecule has 1 aliphatic rings. The lowest BCUT2D eigenvalue weighted by Crippen LogP contribution is -2.21. The maximum atomic E-state index is 5.69. The number of benzene rings is 1. The van der Waals surface area contributed by atoms with E-state index in [1.807, 2.05) is 12.1 Å². The average molecular weight is 279 g/mol. The van der Waals surface area contributed by atoms with Crippen LogP contribution in [0.3, 0.4) is 0 Å². The van der Waals surface area contributed by atoms with Gasteiger partial charge in [0.1, 0.15) is 24.7 Å². The molecule has 0 bridgehead atoms. The van der Waals surface area contributed by atoms with Crippen LogP contribution in [0.4, 0.5) is 0 Å². The van der Waals surface area contributed by atoms with E-state index in [4.69, 9.17) is 14.2 Å². The topological polar surface area (TPSA) is 39.7 Å². The second kappa shape index (κ2) is 7.50. The Hall–Kier alpha value is -1.26. The maximum Gasteiger partial charge on any atom is 0.127 e. The first kappa shape index (κ1) is 15.1. The van der Waals surface area contributed by atoms with Gasteiger partial charge in [0.25, 0.3) is 0 Å². The second-order valence-electron chi connectivity index (χ2n) is 5.44. The van der Waals surface area contributed by atoms with E-state index in [0.29, 0.717) is 31.8 Å². The van der Waals surface area contributed by atoms with Crippen LogP contribution in [0.2, 0.25) is 0 Å². The van der Waals surface area contributed by atoms with Crippen LogP contribution in [0.15, 0.2) is 18.2 Å². The lowest BCUT2D eigenvalue weighted by atomic mass is 10.1. The zero-order valence-electron chi connectivity index (χ0n) is 12.6. The Bertz CT molecular complexity index is 420. The molecule has 1 N–H and O–H groups in total. The first-order valence-corrected chi connectivity index (χ1v) is 7.41. The van der Waals surface area contributed by atoms with Crippen molar-refractivity contribution in [1.82, 2.24) is 5.32 Å². The smallest absolute Gasteiger partial charge is 0.127 e. The number of hydrogen-bond acceptors (Lipinski definition) is 4. The number of rotatable bonds is 8. The Balaban J connectivity index is 1.80. The van der Waals surface area contributed by atoms with Gasteiger partial charge in [-0.25, -0.2) is 0 Å². The molecule has 0 spiro atoms. The summed E-state index contributed by atoms with van der Waals surface area (Å²) < 4.78 is 16.9. The van der Waals surface area contributed by atoms with Crippen molar-refractivity contribution in [1.29, 1.82) is 0 Å². The van der Waals surface area contributed by atoms with Gasteiger partial charge < -0.3 is 19.5 Å². The molecule has 0 fully saturated rings. The molecule has 0 aliphatic carbocycles. The average Bonchev–Trinajstić information content (AvgIpc) is 2.81. The standard InChI is InChI=1S/C16H25NO3/c1-4-17-15-11-20-16-9-13(5-6-14(15)16)19-8-7-18-10-12(2)3/h5-6,9,12,15,17H,4,7-8,10-11H2,1-3H3. The Labute approximate surface area is 121 Å². The van der Waals surface area contributed by atoms with Crippen molar-refractivity contribution < 1.29 is 14.2 Å². The summed E-state index contributed by atoms with van der Waals surface area (Å²) in [5.41, 5.74) is 1.22. The molecule has 112 valence electrons. The Kier molecular flexibility index (Phi) is 5.68. The van der Waals surface area contributed by atoms with Gasteiger partial charge in [0.15, 0.2) is 0 Å². The van der Waals surface area contributed by atoms with E-state index >= 15 is 0 Å². The SMILES string of the molecule is CCNC1COc2cc(OCCOCC(C)C)ccc21.